The summed E-state index contributed by atoms with van der Waals surface area (Å²) < 4.78 is 0. The van der Waals surface area contributed by atoms with E-state index in [0.29, 0.717) is 30.9 Å². The number of rotatable bonds is 7. The van der Waals surface area contributed by atoms with Gasteiger partial charge in [-0.1, -0.05) is 12.8 Å². The molecule has 26 heavy (non-hydrogen) atoms. The van der Waals surface area contributed by atoms with Gasteiger partial charge in [0.25, 0.3) is 0 Å². The normalized spacial score (nSPS) is 24.3. The number of imide groups is 1. The highest BCUT2D eigenvalue weighted by molar-refractivity contribution is 6.01. The lowest BCUT2D eigenvalue weighted by atomic mass is 9.89. The monoisotopic (exact) mass is 365 g/mol. The second kappa shape index (κ2) is 8.16. The lowest BCUT2D eigenvalue weighted by Crippen LogP contribution is -2.51. The summed E-state index contributed by atoms with van der Waals surface area (Å²) in [6.45, 7) is 0.406. The summed E-state index contributed by atoms with van der Waals surface area (Å²) in [5.74, 6) is -1.33. The molecule has 0 aromatic rings. The van der Waals surface area contributed by atoms with Gasteiger partial charge in [0.1, 0.15) is 6.04 Å². The fraction of sp³-hybridized carbons (Fsp3) is 0.778. The number of hydrogen-bond acceptors (Lipinski definition) is 5. The Balaban J connectivity index is 1.68. The fourth-order valence-electron chi connectivity index (χ4n) is 4.20. The van der Waals surface area contributed by atoms with Crippen LogP contribution in [0.25, 0.3) is 0 Å². The highest BCUT2D eigenvalue weighted by Gasteiger charge is 2.42. The van der Waals surface area contributed by atoms with E-state index in [4.69, 9.17) is 0 Å². The molecule has 2 aliphatic carbocycles. The Morgan fingerprint density at radius 2 is 1.77 bits per heavy atom. The summed E-state index contributed by atoms with van der Waals surface area (Å²) in [4.78, 5) is 49.8. The van der Waals surface area contributed by atoms with Crippen molar-refractivity contribution in [2.75, 3.05) is 13.1 Å². The van der Waals surface area contributed by atoms with Crippen LogP contribution >= 0.6 is 0 Å². The zero-order valence-corrected chi connectivity index (χ0v) is 14.9. The predicted octanol–water partition coefficient (Wildman–Crippen LogP) is 0.684. The molecule has 2 atom stereocenters. The van der Waals surface area contributed by atoms with Gasteiger partial charge in [-0.15, -0.1) is 0 Å². The summed E-state index contributed by atoms with van der Waals surface area (Å²) in [6.07, 6.45) is 6.99. The van der Waals surface area contributed by atoms with E-state index in [9.17, 15) is 24.4 Å². The minimum absolute atomic E-state index is 0.0567. The van der Waals surface area contributed by atoms with Crippen LogP contribution in [0.5, 0.6) is 0 Å². The number of hydrogen-bond donors (Lipinski definition) is 2. The zero-order valence-electron chi connectivity index (χ0n) is 14.9. The van der Waals surface area contributed by atoms with Crippen LogP contribution in [0.3, 0.4) is 0 Å². The van der Waals surface area contributed by atoms with Crippen LogP contribution in [0.4, 0.5) is 0 Å². The first-order valence-electron chi connectivity index (χ1n) is 9.57. The molecule has 8 nitrogen and oxygen atoms in total. The third-order valence-corrected chi connectivity index (χ3v) is 5.82. The lowest BCUT2D eigenvalue weighted by molar-refractivity contribution is -0.160. The van der Waals surface area contributed by atoms with E-state index in [0.717, 1.165) is 38.5 Å². The van der Waals surface area contributed by atoms with E-state index >= 15 is 0 Å². The molecule has 1 saturated heterocycles. The highest BCUT2D eigenvalue weighted by Crippen LogP contribution is 2.34. The Morgan fingerprint density at radius 1 is 1.08 bits per heavy atom. The van der Waals surface area contributed by atoms with Crippen molar-refractivity contribution in [3.05, 3.63) is 0 Å². The van der Waals surface area contributed by atoms with E-state index < -0.39 is 17.9 Å². The van der Waals surface area contributed by atoms with Crippen molar-refractivity contribution < 1.29 is 24.4 Å². The van der Waals surface area contributed by atoms with Crippen molar-refractivity contribution >= 4 is 24.1 Å². The molecule has 2 saturated carbocycles. The molecule has 1 heterocycles. The molecule has 0 spiro atoms. The molecule has 2 N–H and O–H groups in total. The fourth-order valence-corrected chi connectivity index (χ4v) is 4.20. The zero-order chi connectivity index (χ0) is 18.7. The van der Waals surface area contributed by atoms with Crippen molar-refractivity contribution in [2.24, 2.45) is 17.8 Å². The number of carbonyl (C=O) groups is 4. The maximum Gasteiger partial charge on any atom is 0.249 e. The Morgan fingerprint density at radius 3 is 2.38 bits per heavy atom. The Hall–Kier alpha value is -1.96. The van der Waals surface area contributed by atoms with Crippen LogP contribution in [0.2, 0.25) is 0 Å². The van der Waals surface area contributed by atoms with Crippen LogP contribution in [0, 0.1) is 17.8 Å². The Labute approximate surface area is 152 Å². The number of nitrogens with zero attached hydrogens (tertiary/aromatic N) is 2. The average molecular weight is 365 g/mol. The maximum absolute atomic E-state index is 13.1. The lowest BCUT2D eigenvalue weighted by Gasteiger charge is -2.31. The van der Waals surface area contributed by atoms with Crippen molar-refractivity contribution in [1.82, 2.24) is 15.3 Å². The van der Waals surface area contributed by atoms with E-state index in [2.05, 4.69) is 5.32 Å². The van der Waals surface area contributed by atoms with Crippen LogP contribution in [-0.4, -0.2) is 58.4 Å². The van der Waals surface area contributed by atoms with Crippen molar-refractivity contribution in [3.63, 3.8) is 0 Å². The minimum atomic E-state index is -0.641. The van der Waals surface area contributed by atoms with Crippen LogP contribution in [0.1, 0.15) is 51.4 Å². The van der Waals surface area contributed by atoms with Gasteiger partial charge in [0, 0.05) is 12.5 Å². The first kappa shape index (κ1) is 18.8. The molecule has 144 valence electrons. The molecule has 1 aliphatic heterocycles. The number of nitrogens with one attached hydrogen (secondary N) is 1. The molecule has 0 aromatic carbocycles. The van der Waals surface area contributed by atoms with Crippen LogP contribution in [0.15, 0.2) is 0 Å². The number of amides is 4. The van der Waals surface area contributed by atoms with Crippen molar-refractivity contribution in [2.45, 2.75) is 57.4 Å². The third kappa shape index (κ3) is 4.23. The van der Waals surface area contributed by atoms with Crippen LogP contribution in [-0.2, 0) is 19.2 Å². The number of likely N-dealkylation sites (tertiary alicyclic amines) is 1. The van der Waals surface area contributed by atoms with Gasteiger partial charge in [-0.25, -0.2) is 5.06 Å². The van der Waals surface area contributed by atoms with Gasteiger partial charge in [-0.3, -0.25) is 29.7 Å². The summed E-state index contributed by atoms with van der Waals surface area (Å²) >= 11 is 0. The predicted molar refractivity (Wildman–Crippen MR) is 90.6 cm³/mol. The topological polar surface area (TPSA) is 107 Å². The molecule has 0 bridgehead atoms. The number of carbonyl (C=O) groups excluding carboxylic acids is 4. The summed E-state index contributed by atoms with van der Waals surface area (Å²) in [7, 11) is 0. The first-order valence-corrected chi connectivity index (χ1v) is 9.57. The molecule has 0 radical (unpaired) electrons. The van der Waals surface area contributed by atoms with Gasteiger partial charge in [0.2, 0.25) is 24.1 Å². The van der Waals surface area contributed by atoms with Gasteiger partial charge in [0.05, 0.1) is 12.5 Å². The smallest absolute Gasteiger partial charge is 0.249 e. The van der Waals surface area contributed by atoms with E-state index in [1.54, 1.807) is 0 Å². The number of hydroxylamine groups is 2. The van der Waals surface area contributed by atoms with Gasteiger partial charge in [-0.2, -0.15) is 0 Å². The molecule has 1 unspecified atom stereocenters. The molecule has 3 rings (SSSR count). The summed E-state index contributed by atoms with van der Waals surface area (Å²) in [6, 6.07) is -0.641. The maximum atomic E-state index is 13.1. The standard InChI is InChI=1S/C18H27N3O5/c22-11-20(26)10-14(12-4-1-2-5-12)18(25)21-9-3-6-15(21)17(24)19-16(23)13-7-8-13/h11-15,26H,1-10H2,(H,19,23,24)/t14?,15-/m0/s1. The van der Waals surface area contributed by atoms with Crippen LogP contribution < -0.4 is 5.32 Å². The molecule has 3 fully saturated rings. The average Bonchev–Trinajstić information content (AvgIpc) is 3.13. The minimum Gasteiger partial charge on any atom is -0.330 e. The third-order valence-electron chi connectivity index (χ3n) is 5.82. The van der Waals surface area contributed by atoms with E-state index in [-0.39, 0.29) is 30.2 Å². The quantitative estimate of drug-likeness (QED) is 0.299. The van der Waals surface area contributed by atoms with Crippen molar-refractivity contribution in [3.8, 4) is 0 Å². The SMILES string of the molecule is O=CN(O)CC(C(=O)N1CCC[C@H]1C(=O)NC(=O)C1CC1)C1CCCC1. The molecule has 4 amide bonds. The molecule has 3 aliphatic rings. The molecule has 0 aromatic heterocycles. The summed E-state index contributed by atoms with van der Waals surface area (Å²) in [5.41, 5.74) is 0. The largest absolute Gasteiger partial charge is 0.330 e. The molecule has 8 heteroatoms. The van der Waals surface area contributed by atoms with Gasteiger partial charge in [-0.05, 0) is 44.4 Å². The van der Waals surface area contributed by atoms with Gasteiger partial charge < -0.3 is 4.90 Å². The highest BCUT2D eigenvalue weighted by atomic mass is 16.5. The Bertz CT molecular complexity index is 571. The second-order valence-electron chi connectivity index (χ2n) is 7.70. The summed E-state index contributed by atoms with van der Waals surface area (Å²) in [5, 5.41) is 12.6. The Kier molecular flexibility index (Phi) is 5.90. The molecular formula is C18H27N3O5. The van der Waals surface area contributed by atoms with E-state index in [1.807, 2.05) is 0 Å². The van der Waals surface area contributed by atoms with Gasteiger partial charge >= 0.3 is 0 Å². The second-order valence-corrected chi connectivity index (χ2v) is 7.70. The molecular weight excluding hydrogens is 338 g/mol. The van der Waals surface area contributed by atoms with Gasteiger partial charge in [0.15, 0.2) is 0 Å². The first-order chi connectivity index (χ1) is 12.5. The van der Waals surface area contributed by atoms with Crippen molar-refractivity contribution in [1.29, 1.82) is 0 Å². The van der Waals surface area contributed by atoms with E-state index in [1.165, 1.54) is 4.90 Å².